The van der Waals surface area contributed by atoms with Crippen molar-refractivity contribution in [1.82, 2.24) is 10.6 Å². The van der Waals surface area contributed by atoms with Crippen LogP contribution in [0.2, 0.25) is 0 Å². The summed E-state index contributed by atoms with van der Waals surface area (Å²) in [6, 6.07) is 1.39. The molecule has 0 saturated heterocycles. The van der Waals surface area contributed by atoms with Crippen molar-refractivity contribution < 1.29 is 0 Å². The minimum Gasteiger partial charge on any atom is -0.301 e. The van der Waals surface area contributed by atoms with E-state index in [9.17, 15) is 0 Å². The van der Waals surface area contributed by atoms with Crippen LogP contribution in [-0.4, -0.2) is 18.8 Å². The van der Waals surface area contributed by atoms with Crippen LogP contribution in [0.15, 0.2) is 0 Å². The van der Waals surface area contributed by atoms with Gasteiger partial charge in [-0.2, -0.15) is 0 Å². The Morgan fingerprint density at radius 1 is 0.737 bits per heavy atom. The molecule has 2 nitrogen and oxygen atoms in total. The molecule has 2 saturated carbocycles. The normalized spacial score (nSPS) is 34.1. The van der Waals surface area contributed by atoms with Crippen molar-refractivity contribution in [2.75, 3.05) is 6.67 Å². The van der Waals surface area contributed by atoms with Crippen molar-refractivity contribution in [2.45, 2.75) is 91.1 Å². The van der Waals surface area contributed by atoms with Crippen molar-refractivity contribution in [1.29, 1.82) is 0 Å². The topological polar surface area (TPSA) is 24.1 Å². The fourth-order valence-electron chi connectivity index (χ4n) is 4.05. The summed E-state index contributed by atoms with van der Waals surface area (Å²) in [5.74, 6) is 0. The molecule has 0 aromatic heterocycles. The Kier molecular flexibility index (Phi) is 4.94. The molecule has 0 spiro atoms. The van der Waals surface area contributed by atoms with E-state index in [4.69, 9.17) is 0 Å². The lowest BCUT2D eigenvalue weighted by Crippen LogP contribution is -2.52. The second-order valence-corrected chi connectivity index (χ2v) is 8.16. The third-order valence-electron chi connectivity index (χ3n) is 5.71. The van der Waals surface area contributed by atoms with E-state index in [1.165, 1.54) is 51.4 Å². The van der Waals surface area contributed by atoms with Crippen molar-refractivity contribution >= 4 is 0 Å². The van der Waals surface area contributed by atoms with Gasteiger partial charge in [0.2, 0.25) is 0 Å². The van der Waals surface area contributed by atoms with E-state index < -0.39 is 0 Å². The Morgan fingerprint density at radius 3 is 1.53 bits per heavy atom. The fraction of sp³-hybridized carbons (Fsp3) is 1.00. The average Bonchev–Trinajstić information content (AvgIpc) is 2.33. The molecule has 0 bridgehead atoms. The second kappa shape index (κ2) is 6.13. The van der Waals surface area contributed by atoms with Crippen LogP contribution in [0.1, 0.15) is 79.1 Å². The number of hydrogen-bond acceptors (Lipinski definition) is 2. The lowest BCUT2D eigenvalue weighted by Gasteiger charge is -2.42. The van der Waals surface area contributed by atoms with E-state index in [0.717, 1.165) is 6.67 Å². The first-order valence-electron chi connectivity index (χ1n) is 8.39. The molecular formula is C17H34N2. The van der Waals surface area contributed by atoms with E-state index in [1.807, 2.05) is 0 Å². The number of hydrogen-bond donors (Lipinski definition) is 2. The minimum atomic E-state index is 0.474. The lowest BCUT2D eigenvalue weighted by atomic mass is 9.73. The monoisotopic (exact) mass is 266 g/mol. The molecule has 2 heteroatoms. The van der Waals surface area contributed by atoms with Crippen LogP contribution >= 0.6 is 0 Å². The maximum Gasteiger partial charge on any atom is 0.0458 e. The molecule has 0 aliphatic heterocycles. The highest BCUT2D eigenvalue weighted by molar-refractivity contribution is 4.90. The van der Waals surface area contributed by atoms with Crippen LogP contribution < -0.4 is 10.6 Å². The summed E-state index contributed by atoms with van der Waals surface area (Å²) >= 11 is 0. The van der Waals surface area contributed by atoms with Gasteiger partial charge in [-0.3, -0.25) is 0 Å². The molecule has 0 amide bonds. The van der Waals surface area contributed by atoms with Crippen molar-refractivity contribution in [3.05, 3.63) is 0 Å². The molecule has 2 aliphatic rings. The number of rotatable bonds is 4. The predicted octanol–water partition coefficient (Wildman–Crippen LogP) is 4.06. The van der Waals surface area contributed by atoms with Gasteiger partial charge >= 0.3 is 0 Å². The Hall–Kier alpha value is -0.0800. The van der Waals surface area contributed by atoms with Gasteiger partial charge in [-0.15, -0.1) is 0 Å². The van der Waals surface area contributed by atoms with Gasteiger partial charge in [0.15, 0.2) is 0 Å². The van der Waals surface area contributed by atoms with E-state index in [1.54, 1.807) is 0 Å². The zero-order valence-corrected chi connectivity index (χ0v) is 13.5. The van der Waals surface area contributed by atoms with Crippen molar-refractivity contribution in [3.8, 4) is 0 Å². The molecule has 112 valence electrons. The highest BCUT2D eigenvalue weighted by Crippen LogP contribution is 2.36. The van der Waals surface area contributed by atoms with E-state index in [2.05, 4.69) is 38.3 Å². The van der Waals surface area contributed by atoms with E-state index in [0.29, 0.717) is 22.9 Å². The second-order valence-electron chi connectivity index (χ2n) is 8.16. The lowest BCUT2D eigenvalue weighted by molar-refractivity contribution is 0.139. The summed E-state index contributed by atoms with van der Waals surface area (Å²) in [7, 11) is 0. The summed E-state index contributed by atoms with van der Waals surface area (Å²) in [5, 5.41) is 7.57. The van der Waals surface area contributed by atoms with Gasteiger partial charge in [-0.05, 0) is 36.5 Å². The third-order valence-corrected chi connectivity index (χ3v) is 5.71. The Labute approximate surface area is 120 Å². The zero-order chi connectivity index (χ0) is 13.9. The summed E-state index contributed by atoms with van der Waals surface area (Å²) in [4.78, 5) is 0. The molecule has 2 unspecified atom stereocenters. The SMILES string of the molecule is CC1(C)CCCCC1NCNC1CCCCC1(C)C. The molecule has 2 aliphatic carbocycles. The highest BCUT2D eigenvalue weighted by Gasteiger charge is 2.33. The van der Waals surface area contributed by atoms with Crippen molar-refractivity contribution in [3.63, 3.8) is 0 Å². The molecule has 2 N–H and O–H groups in total. The summed E-state index contributed by atoms with van der Waals surface area (Å²) in [6.07, 6.45) is 11.1. The maximum atomic E-state index is 3.79. The molecule has 0 aromatic carbocycles. The van der Waals surface area contributed by atoms with Gasteiger partial charge < -0.3 is 10.6 Å². The largest absolute Gasteiger partial charge is 0.301 e. The molecule has 0 radical (unpaired) electrons. The van der Waals surface area contributed by atoms with Gasteiger partial charge in [0.05, 0.1) is 0 Å². The smallest absolute Gasteiger partial charge is 0.0458 e. The standard InChI is InChI=1S/C17H34N2/c1-16(2)11-7-5-9-14(16)18-13-19-15-10-6-8-12-17(15,3)4/h14-15,18-19H,5-13H2,1-4H3. The minimum absolute atomic E-state index is 0.474. The molecule has 2 atom stereocenters. The van der Waals surface area contributed by atoms with Crippen molar-refractivity contribution in [2.24, 2.45) is 10.8 Å². The predicted molar refractivity (Wildman–Crippen MR) is 83.2 cm³/mol. The number of nitrogens with one attached hydrogen (secondary N) is 2. The van der Waals surface area contributed by atoms with Gasteiger partial charge in [-0.1, -0.05) is 53.4 Å². The molecule has 2 rings (SSSR count). The maximum absolute atomic E-state index is 3.79. The first-order valence-corrected chi connectivity index (χ1v) is 8.39. The van der Waals surface area contributed by atoms with Gasteiger partial charge in [0, 0.05) is 18.8 Å². The summed E-state index contributed by atoms with van der Waals surface area (Å²) in [5.41, 5.74) is 0.948. The van der Waals surface area contributed by atoms with Crippen LogP contribution in [0.4, 0.5) is 0 Å². The summed E-state index contributed by atoms with van der Waals surface area (Å²) < 4.78 is 0. The van der Waals surface area contributed by atoms with Gasteiger partial charge in [0.1, 0.15) is 0 Å². The van der Waals surface area contributed by atoms with Crippen LogP contribution in [0.25, 0.3) is 0 Å². The Balaban J connectivity index is 1.76. The average molecular weight is 266 g/mol. The first kappa shape index (κ1) is 15.3. The molecule has 19 heavy (non-hydrogen) atoms. The zero-order valence-electron chi connectivity index (χ0n) is 13.5. The van der Waals surface area contributed by atoms with Gasteiger partial charge in [0.25, 0.3) is 0 Å². The molecule has 0 heterocycles. The molecule has 2 fully saturated rings. The quantitative estimate of drug-likeness (QED) is 0.750. The van der Waals surface area contributed by atoms with Crippen LogP contribution in [0.3, 0.4) is 0 Å². The van der Waals surface area contributed by atoms with Crippen LogP contribution in [0, 0.1) is 10.8 Å². The fourth-order valence-corrected chi connectivity index (χ4v) is 4.05. The van der Waals surface area contributed by atoms with E-state index >= 15 is 0 Å². The third kappa shape index (κ3) is 3.95. The van der Waals surface area contributed by atoms with Gasteiger partial charge in [-0.25, -0.2) is 0 Å². The Morgan fingerprint density at radius 2 is 1.16 bits per heavy atom. The highest BCUT2D eigenvalue weighted by atomic mass is 15.1. The summed E-state index contributed by atoms with van der Waals surface area (Å²) in [6.45, 7) is 10.7. The first-order chi connectivity index (χ1) is 8.92. The van der Waals surface area contributed by atoms with Crippen LogP contribution in [0.5, 0.6) is 0 Å². The molecule has 0 aromatic rings. The van der Waals surface area contributed by atoms with E-state index in [-0.39, 0.29) is 0 Å². The van der Waals surface area contributed by atoms with Crippen LogP contribution in [-0.2, 0) is 0 Å². The molecular weight excluding hydrogens is 232 g/mol. The Bertz CT molecular complexity index is 255.